The van der Waals surface area contributed by atoms with Gasteiger partial charge in [-0.15, -0.1) is 0 Å². The lowest BCUT2D eigenvalue weighted by Gasteiger charge is -2.31. The van der Waals surface area contributed by atoms with Gasteiger partial charge in [-0.3, -0.25) is 14.4 Å². The number of halogens is 2. The Kier molecular flexibility index (Phi) is 4.96. The highest BCUT2D eigenvalue weighted by Crippen LogP contribution is 2.34. The van der Waals surface area contributed by atoms with E-state index in [2.05, 4.69) is 26.3 Å². The molecule has 2 heterocycles. The lowest BCUT2D eigenvalue weighted by Crippen LogP contribution is -2.37. The number of hydrogen-bond donors (Lipinski definition) is 1. The molecule has 0 bridgehead atoms. The van der Waals surface area contributed by atoms with Crippen LogP contribution in [-0.4, -0.2) is 26.5 Å². The van der Waals surface area contributed by atoms with Crippen molar-refractivity contribution in [2.75, 3.05) is 5.32 Å². The van der Waals surface area contributed by atoms with Crippen LogP contribution >= 0.6 is 15.9 Å². The Bertz CT molecular complexity index is 1150. The normalized spacial score (nSPS) is 16.5. The number of anilines is 1. The average Bonchev–Trinajstić information content (AvgIpc) is 2.99. The first-order chi connectivity index (χ1) is 13.8. The maximum Gasteiger partial charge on any atom is 0.326 e. The summed E-state index contributed by atoms with van der Waals surface area (Å²) in [5, 5.41) is 8.36. The zero-order valence-electron chi connectivity index (χ0n) is 15.8. The van der Waals surface area contributed by atoms with Crippen LogP contribution in [0.4, 0.5) is 14.9 Å². The summed E-state index contributed by atoms with van der Waals surface area (Å²) in [6, 6.07) is 8.64. The van der Waals surface area contributed by atoms with Gasteiger partial charge in [0.15, 0.2) is 5.78 Å². The van der Waals surface area contributed by atoms with E-state index in [0.717, 1.165) is 16.6 Å². The summed E-state index contributed by atoms with van der Waals surface area (Å²) in [6.45, 7) is 1.98. The zero-order chi connectivity index (χ0) is 20.7. The molecule has 2 aromatic carbocycles. The van der Waals surface area contributed by atoms with Gasteiger partial charge in [-0.1, -0.05) is 12.1 Å². The minimum Gasteiger partial charge on any atom is -0.306 e. The van der Waals surface area contributed by atoms with Crippen molar-refractivity contribution in [2.24, 2.45) is 7.05 Å². The fourth-order valence-electron chi connectivity index (χ4n) is 3.43. The average molecular weight is 457 g/mol. The van der Waals surface area contributed by atoms with E-state index in [1.54, 1.807) is 16.8 Å². The molecule has 8 heteroatoms. The molecule has 2 amide bonds. The number of urea groups is 1. The highest BCUT2D eigenvalue weighted by Gasteiger charge is 2.29. The molecule has 1 atom stereocenters. The molecule has 1 aliphatic heterocycles. The smallest absolute Gasteiger partial charge is 0.306 e. The number of benzene rings is 2. The van der Waals surface area contributed by atoms with E-state index in [4.69, 9.17) is 0 Å². The number of amides is 2. The standard InChI is InChI=1S/C21H18BrFN4O2/c1-12-16-7-8-17(19(22)20(16)25-26(12)2)24-21(29)27-10-9-15(28)11-18(27)13-3-5-14(23)6-4-13/h3-10,18H,11H2,1-2H3,(H,24,29)/t18-/m0/s1. The number of aryl methyl sites for hydroxylation is 2. The Balaban J connectivity index is 1.65. The third-order valence-electron chi connectivity index (χ3n) is 5.12. The lowest BCUT2D eigenvalue weighted by atomic mass is 9.97. The SMILES string of the molecule is Cc1c2ccc(NC(=O)N3C=CC(=O)C[C@H]3c3ccc(F)cc3)c(Br)c2nn1C. The third-order valence-corrected chi connectivity index (χ3v) is 5.93. The van der Waals surface area contributed by atoms with Gasteiger partial charge >= 0.3 is 6.03 Å². The van der Waals surface area contributed by atoms with Crippen molar-refractivity contribution in [1.82, 2.24) is 14.7 Å². The number of fused-ring (bicyclic) bond motifs is 1. The molecule has 0 aliphatic carbocycles. The molecular formula is C21H18BrFN4O2. The van der Waals surface area contributed by atoms with Crippen LogP contribution in [0.2, 0.25) is 0 Å². The first-order valence-corrected chi connectivity index (χ1v) is 9.82. The first kappa shape index (κ1) is 19.3. The Morgan fingerprint density at radius 3 is 2.69 bits per heavy atom. The van der Waals surface area contributed by atoms with Crippen molar-refractivity contribution >= 4 is 44.3 Å². The molecule has 0 spiro atoms. The van der Waals surface area contributed by atoms with Crippen molar-refractivity contribution in [2.45, 2.75) is 19.4 Å². The van der Waals surface area contributed by atoms with Crippen molar-refractivity contribution in [3.05, 3.63) is 70.2 Å². The zero-order valence-corrected chi connectivity index (χ0v) is 17.4. The maximum absolute atomic E-state index is 13.3. The van der Waals surface area contributed by atoms with Crippen LogP contribution in [0.3, 0.4) is 0 Å². The van der Waals surface area contributed by atoms with Crippen molar-refractivity contribution < 1.29 is 14.0 Å². The molecule has 6 nitrogen and oxygen atoms in total. The van der Waals surface area contributed by atoms with Gasteiger partial charge in [0.1, 0.15) is 11.3 Å². The molecule has 4 rings (SSSR count). The van der Waals surface area contributed by atoms with Crippen molar-refractivity contribution in [3.8, 4) is 0 Å². The number of allylic oxidation sites excluding steroid dienone is 1. The number of nitrogens with one attached hydrogen (secondary N) is 1. The quantitative estimate of drug-likeness (QED) is 0.599. The minimum absolute atomic E-state index is 0.0880. The Morgan fingerprint density at radius 1 is 1.24 bits per heavy atom. The summed E-state index contributed by atoms with van der Waals surface area (Å²) in [5.41, 5.74) is 3.03. The van der Waals surface area contributed by atoms with E-state index in [1.165, 1.54) is 29.3 Å². The van der Waals surface area contributed by atoms with E-state index in [-0.39, 0.29) is 18.0 Å². The Labute approximate surface area is 175 Å². The fraction of sp³-hybridized carbons (Fsp3) is 0.190. The lowest BCUT2D eigenvalue weighted by molar-refractivity contribution is -0.116. The van der Waals surface area contributed by atoms with Gasteiger partial charge in [-0.25, -0.2) is 9.18 Å². The molecule has 0 radical (unpaired) electrons. The van der Waals surface area contributed by atoms with Gasteiger partial charge in [0.05, 0.1) is 16.2 Å². The second-order valence-corrected chi connectivity index (χ2v) is 7.72. The summed E-state index contributed by atoms with van der Waals surface area (Å²) < 4.78 is 15.8. The fourth-order valence-corrected chi connectivity index (χ4v) is 3.95. The number of aromatic nitrogens is 2. The first-order valence-electron chi connectivity index (χ1n) is 9.03. The second-order valence-electron chi connectivity index (χ2n) is 6.92. The summed E-state index contributed by atoms with van der Waals surface area (Å²) in [6.07, 6.45) is 2.97. The summed E-state index contributed by atoms with van der Waals surface area (Å²) >= 11 is 3.54. The van der Waals surface area contributed by atoms with E-state index in [1.807, 2.05) is 26.1 Å². The van der Waals surface area contributed by atoms with E-state index in [9.17, 15) is 14.0 Å². The molecule has 29 heavy (non-hydrogen) atoms. The molecule has 0 unspecified atom stereocenters. The monoisotopic (exact) mass is 456 g/mol. The van der Waals surface area contributed by atoms with Crippen LogP contribution in [0.5, 0.6) is 0 Å². The van der Waals surface area contributed by atoms with Crippen LogP contribution in [0.15, 0.2) is 53.1 Å². The topological polar surface area (TPSA) is 67.2 Å². The van der Waals surface area contributed by atoms with Crippen LogP contribution < -0.4 is 5.32 Å². The number of rotatable bonds is 2. The number of hydrogen-bond acceptors (Lipinski definition) is 3. The van der Waals surface area contributed by atoms with Gasteiger partial charge in [0.25, 0.3) is 0 Å². The van der Waals surface area contributed by atoms with Gasteiger partial charge in [0.2, 0.25) is 0 Å². The van der Waals surface area contributed by atoms with E-state index < -0.39 is 12.1 Å². The number of ketones is 1. The molecule has 0 saturated heterocycles. The molecule has 1 N–H and O–H groups in total. The van der Waals surface area contributed by atoms with Crippen molar-refractivity contribution in [1.29, 1.82) is 0 Å². The molecule has 0 saturated carbocycles. The molecular weight excluding hydrogens is 439 g/mol. The van der Waals surface area contributed by atoms with Gasteiger partial charge in [-0.2, -0.15) is 5.10 Å². The van der Waals surface area contributed by atoms with Gasteiger partial charge in [-0.05, 0) is 58.8 Å². The summed E-state index contributed by atoms with van der Waals surface area (Å²) in [7, 11) is 1.86. The molecule has 1 aromatic heterocycles. The number of nitrogens with zero attached hydrogens (tertiary/aromatic N) is 3. The Morgan fingerprint density at radius 2 is 1.97 bits per heavy atom. The second kappa shape index (κ2) is 7.44. The van der Waals surface area contributed by atoms with Crippen LogP contribution in [0, 0.1) is 12.7 Å². The highest BCUT2D eigenvalue weighted by molar-refractivity contribution is 9.10. The van der Waals surface area contributed by atoms with Gasteiger partial charge in [0, 0.05) is 30.7 Å². The summed E-state index contributed by atoms with van der Waals surface area (Å²) in [5.74, 6) is -0.458. The number of carbonyl (C=O) groups is 2. The van der Waals surface area contributed by atoms with E-state index in [0.29, 0.717) is 15.7 Å². The highest BCUT2D eigenvalue weighted by atomic mass is 79.9. The van der Waals surface area contributed by atoms with Crippen LogP contribution in [0.25, 0.3) is 10.9 Å². The molecule has 1 aliphatic rings. The van der Waals surface area contributed by atoms with Crippen LogP contribution in [-0.2, 0) is 11.8 Å². The number of carbonyl (C=O) groups excluding carboxylic acids is 2. The molecule has 148 valence electrons. The van der Waals surface area contributed by atoms with E-state index >= 15 is 0 Å². The molecule has 0 fully saturated rings. The third kappa shape index (κ3) is 3.55. The van der Waals surface area contributed by atoms with Crippen LogP contribution in [0.1, 0.15) is 23.7 Å². The predicted octanol–water partition coefficient (Wildman–Crippen LogP) is 4.85. The molecule has 3 aromatic rings. The van der Waals surface area contributed by atoms with Gasteiger partial charge < -0.3 is 5.32 Å². The predicted molar refractivity (Wildman–Crippen MR) is 112 cm³/mol. The summed E-state index contributed by atoms with van der Waals surface area (Å²) in [4.78, 5) is 26.4. The Hall–Kier alpha value is -3.00. The minimum atomic E-state index is -0.507. The van der Waals surface area contributed by atoms with Crippen molar-refractivity contribution in [3.63, 3.8) is 0 Å². The maximum atomic E-state index is 13.3. The largest absolute Gasteiger partial charge is 0.326 e.